The molecule has 28 heavy (non-hydrogen) atoms. The van der Waals surface area contributed by atoms with E-state index in [1.807, 2.05) is 13.1 Å². The van der Waals surface area contributed by atoms with Crippen LogP contribution in [0.2, 0.25) is 0 Å². The molecule has 146 valence electrons. The number of rotatable bonds is 4. The number of benzene rings is 1. The minimum atomic E-state index is -0.670. The number of piperidine rings is 1. The van der Waals surface area contributed by atoms with Gasteiger partial charge in [-0.25, -0.2) is 9.37 Å². The third-order valence-corrected chi connectivity index (χ3v) is 7.65. The lowest BCUT2D eigenvalue weighted by atomic mass is 9.97. The first-order valence-electron chi connectivity index (χ1n) is 9.64. The number of thiazole rings is 1. The number of halogens is 1. The normalized spacial score (nSPS) is 15.8. The molecule has 1 fully saturated rings. The Bertz CT molecular complexity index is 1120. The van der Waals surface area contributed by atoms with E-state index in [2.05, 4.69) is 16.5 Å². The summed E-state index contributed by atoms with van der Waals surface area (Å²) >= 11 is 3.24. The summed E-state index contributed by atoms with van der Waals surface area (Å²) in [4.78, 5) is 7.07. The molecule has 0 radical (unpaired) electrons. The molecule has 0 amide bonds. The van der Waals surface area contributed by atoms with Crippen LogP contribution >= 0.6 is 22.7 Å². The van der Waals surface area contributed by atoms with E-state index in [4.69, 9.17) is 4.98 Å². The highest BCUT2D eigenvalue weighted by atomic mass is 32.1. The van der Waals surface area contributed by atoms with Crippen LogP contribution in [0, 0.1) is 5.82 Å². The summed E-state index contributed by atoms with van der Waals surface area (Å²) in [5.74, 6) is -0.437. The summed E-state index contributed by atoms with van der Waals surface area (Å²) in [6, 6.07) is 4.02. The van der Waals surface area contributed by atoms with E-state index in [1.165, 1.54) is 16.2 Å². The molecule has 0 saturated carbocycles. The van der Waals surface area contributed by atoms with Gasteiger partial charge in [0.15, 0.2) is 11.6 Å². The highest BCUT2D eigenvalue weighted by Crippen LogP contribution is 2.43. The molecule has 8 heteroatoms. The molecular weight excluding hydrogens is 395 g/mol. The third-order valence-electron chi connectivity index (χ3n) is 5.29. The topological polar surface area (TPSA) is 63.0 Å². The maximum Gasteiger partial charge on any atom is 0.193 e. The molecule has 1 aliphatic heterocycles. The quantitative estimate of drug-likeness (QED) is 0.486. The van der Waals surface area contributed by atoms with E-state index >= 15 is 0 Å². The fourth-order valence-electron chi connectivity index (χ4n) is 3.85. The Morgan fingerprint density at radius 2 is 2.11 bits per heavy atom. The average Bonchev–Trinajstić information content (AvgIpc) is 3.38. The fraction of sp³-hybridized carbons (Fsp3) is 0.400. The first-order valence-corrected chi connectivity index (χ1v) is 11.3. The molecule has 1 saturated heterocycles. The number of thiophene rings is 1. The predicted octanol–water partition coefficient (Wildman–Crippen LogP) is 5.10. The number of hydrogen-bond donors (Lipinski definition) is 2. The minimum Gasteiger partial charge on any atom is -0.504 e. The van der Waals surface area contributed by atoms with Crippen molar-refractivity contribution in [3.63, 3.8) is 0 Å². The molecule has 5 nitrogen and oxygen atoms in total. The van der Waals surface area contributed by atoms with Crippen LogP contribution in [-0.4, -0.2) is 33.0 Å². The highest BCUT2D eigenvalue weighted by Gasteiger charge is 2.22. The van der Waals surface area contributed by atoms with Crippen LogP contribution < -0.4 is 5.32 Å². The number of aromatic hydroxyl groups is 1. The summed E-state index contributed by atoms with van der Waals surface area (Å²) < 4.78 is 17.6. The van der Waals surface area contributed by atoms with E-state index in [0.29, 0.717) is 21.9 Å². The van der Waals surface area contributed by atoms with Gasteiger partial charge in [-0.15, -0.1) is 22.7 Å². The molecule has 3 aromatic heterocycles. The number of nitrogens with one attached hydrogen (secondary N) is 1. The molecule has 0 atom stereocenters. The molecule has 0 spiro atoms. The summed E-state index contributed by atoms with van der Waals surface area (Å²) in [7, 11) is 0. The highest BCUT2D eigenvalue weighted by molar-refractivity contribution is 7.28. The second-order valence-corrected chi connectivity index (χ2v) is 9.37. The van der Waals surface area contributed by atoms with Gasteiger partial charge in [0.05, 0.1) is 10.3 Å². The van der Waals surface area contributed by atoms with Gasteiger partial charge in [-0.05, 0) is 50.4 Å². The Morgan fingerprint density at radius 1 is 1.29 bits per heavy atom. The van der Waals surface area contributed by atoms with Crippen LogP contribution in [0.25, 0.3) is 31.0 Å². The van der Waals surface area contributed by atoms with Crippen molar-refractivity contribution in [2.75, 3.05) is 13.1 Å². The Morgan fingerprint density at radius 3 is 2.86 bits per heavy atom. The molecule has 0 aliphatic carbocycles. The van der Waals surface area contributed by atoms with Gasteiger partial charge in [-0.3, -0.25) is 4.68 Å². The van der Waals surface area contributed by atoms with Gasteiger partial charge in [0.2, 0.25) is 0 Å². The lowest BCUT2D eigenvalue weighted by Crippen LogP contribution is -2.26. The summed E-state index contributed by atoms with van der Waals surface area (Å²) in [6.45, 7) is 4.89. The van der Waals surface area contributed by atoms with Crippen LogP contribution in [0.15, 0.2) is 18.3 Å². The van der Waals surface area contributed by atoms with Crippen LogP contribution in [-0.2, 0) is 6.54 Å². The van der Waals surface area contributed by atoms with Crippen molar-refractivity contribution in [2.45, 2.75) is 38.6 Å². The van der Waals surface area contributed by atoms with Gasteiger partial charge in [0.1, 0.15) is 15.4 Å². The zero-order valence-corrected chi connectivity index (χ0v) is 17.2. The molecule has 1 aromatic carbocycles. The molecule has 5 rings (SSSR count). The van der Waals surface area contributed by atoms with Crippen molar-refractivity contribution in [3.8, 4) is 16.3 Å². The lowest BCUT2D eigenvalue weighted by Gasteiger charge is -2.21. The van der Waals surface area contributed by atoms with Gasteiger partial charge in [-0.1, -0.05) is 6.92 Å². The zero-order chi connectivity index (χ0) is 19.3. The first-order chi connectivity index (χ1) is 13.6. The van der Waals surface area contributed by atoms with E-state index in [-0.39, 0.29) is 11.3 Å². The molecule has 4 aromatic rings. The largest absolute Gasteiger partial charge is 0.504 e. The second-order valence-electron chi connectivity index (χ2n) is 7.28. The first kappa shape index (κ1) is 18.0. The summed E-state index contributed by atoms with van der Waals surface area (Å²) in [5.41, 5.74) is 0.652. The van der Waals surface area contributed by atoms with Gasteiger partial charge in [-0.2, -0.15) is 5.10 Å². The predicted molar refractivity (Wildman–Crippen MR) is 113 cm³/mol. The SMILES string of the molecule is CCCn1cc2cc(-c3nc4sc(C5CCNCC5)cc4s3)c(O)c(F)c2n1. The number of aryl methyl sites for hydroxylation is 1. The molecule has 1 aliphatic rings. The summed E-state index contributed by atoms with van der Waals surface area (Å²) in [6.07, 6.45) is 5.06. The number of fused-ring (bicyclic) bond motifs is 2. The monoisotopic (exact) mass is 416 g/mol. The van der Waals surface area contributed by atoms with Gasteiger partial charge in [0, 0.05) is 23.0 Å². The molecule has 4 heterocycles. The molecule has 2 N–H and O–H groups in total. The Labute approximate surface area is 169 Å². The zero-order valence-electron chi connectivity index (χ0n) is 15.5. The Balaban J connectivity index is 1.54. The van der Waals surface area contributed by atoms with Gasteiger partial charge >= 0.3 is 0 Å². The lowest BCUT2D eigenvalue weighted by molar-refractivity contribution is 0.437. The maximum absolute atomic E-state index is 14.7. The van der Waals surface area contributed by atoms with Crippen molar-refractivity contribution in [2.24, 2.45) is 0 Å². The van der Waals surface area contributed by atoms with E-state index in [9.17, 15) is 9.50 Å². The Kier molecular flexibility index (Phi) is 4.57. The van der Waals surface area contributed by atoms with Crippen molar-refractivity contribution in [1.82, 2.24) is 20.1 Å². The van der Waals surface area contributed by atoms with Gasteiger partial charge in [0.25, 0.3) is 0 Å². The fourth-order valence-corrected chi connectivity index (χ4v) is 6.26. The van der Waals surface area contributed by atoms with E-state index < -0.39 is 5.82 Å². The standard InChI is InChI=1S/C20H21FN4OS2/c1-2-7-25-10-12-8-13(18(26)16(21)17(12)24-25)19-23-20-15(28-19)9-14(27-20)11-3-5-22-6-4-11/h8-11,22,26H,2-7H2,1H3. The minimum absolute atomic E-state index is 0.210. The molecular formula is C20H21FN4OS2. The second kappa shape index (κ2) is 7.09. The number of phenolic OH excluding ortho intramolecular Hbond substituents is 1. The number of nitrogens with zero attached hydrogens (tertiary/aromatic N) is 3. The number of hydrogen-bond acceptors (Lipinski definition) is 6. The van der Waals surface area contributed by atoms with Crippen LogP contribution in [0.3, 0.4) is 0 Å². The average molecular weight is 417 g/mol. The van der Waals surface area contributed by atoms with Crippen molar-refractivity contribution in [3.05, 3.63) is 29.0 Å². The van der Waals surface area contributed by atoms with E-state index in [1.54, 1.807) is 22.1 Å². The maximum atomic E-state index is 14.7. The van der Waals surface area contributed by atoms with Crippen LogP contribution in [0.1, 0.15) is 37.0 Å². The number of phenols is 1. The van der Waals surface area contributed by atoms with Crippen LogP contribution in [0.5, 0.6) is 5.75 Å². The van der Waals surface area contributed by atoms with Crippen LogP contribution in [0.4, 0.5) is 4.39 Å². The molecule has 0 unspecified atom stereocenters. The van der Waals surface area contributed by atoms with Crippen molar-refractivity contribution >= 4 is 43.1 Å². The van der Waals surface area contributed by atoms with Crippen molar-refractivity contribution < 1.29 is 9.50 Å². The summed E-state index contributed by atoms with van der Waals surface area (Å²) in [5, 5.41) is 19.4. The number of aromatic nitrogens is 3. The van der Waals surface area contributed by atoms with E-state index in [0.717, 1.165) is 48.4 Å². The van der Waals surface area contributed by atoms with Gasteiger partial charge < -0.3 is 10.4 Å². The smallest absolute Gasteiger partial charge is 0.193 e. The van der Waals surface area contributed by atoms with Crippen molar-refractivity contribution in [1.29, 1.82) is 0 Å². The molecule has 0 bridgehead atoms. The third kappa shape index (κ3) is 3.00. The Hall–Kier alpha value is -2.03.